The standard InChI is InChI=1S/C11H12N4O2/c1-6-7(2)15-17-11(6)14-10(16)8-5-13-4-3-9(8)12/h3-5H,1-2H3,(H2,12,13)(H,14,16). The first-order valence-corrected chi connectivity index (χ1v) is 5.03. The first kappa shape index (κ1) is 11.1. The molecule has 0 bridgehead atoms. The van der Waals surface area contributed by atoms with Gasteiger partial charge in [-0.3, -0.25) is 15.1 Å². The van der Waals surface area contributed by atoms with Crippen molar-refractivity contribution in [2.45, 2.75) is 13.8 Å². The third-order valence-electron chi connectivity index (χ3n) is 2.48. The number of nitrogen functional groups attached to an aromatic ring is 1. The van der Waals surface area contributed by atoms with Crippen molar-refractivity contribution in [1.29, 1.82) is 0 Å². The zero-order valence-corrected chi connectivity index (χ0v) is 9.52. The molecule has 0 atom stereocenters. The lowest BCUT2D eigenvalue weighted by Crippen LogP contribution is -2.14. The number of nitrogens with two attached hydrogens (primary N) is 1. The molecule has 0 aliphatic heterocycles. The van der Waals surface area contributed by atoms with Gasteiger partial charge in [-0.05, 0) is 19.9 Å². The van der Waals surface area contributed by atoms with Crippen LogP contribution in [0.2, 0.25) is 0 Å². The molecule has 2 heterocycles. The summed E-state index contributed by atoms with van der Waals surface area (Å²) >= 11 is 0. The van der Waals surface area contributed by atoms with Crippen LogP contribution in [0.1, 0.15) is 21.6 Å². The van der Waals surface area contributed by atoms with Crippen molar-refractivity contribution in [2.24, 2.45) is 0 Å². The summed E-state index contributed by atoms with van der Waals surface area (Å²) in [7, 11) is 0. The van der Waals surface area contributed by atoms with E-state index in [1.54, 1.807) is 13.0 Å². The molecule has 0 aromatic carbocycles. The molecule has 17 heavy (non-hydrogen) atoms. The molecule has 6 heteroatoms. The fraction of sp³-hybridized carbons (Fsp3) is 0.182. The molecule has 0 fully saturated rings. The number of carbonyl (C=O) groups is 1. The second-order valence-corrected chi connectivity index (χ2v) is 3.64. The molecule has 0 aliphatic carbocycles. The Balaban J connectivity index is 2.23. The van der Waals surface area contributed by atoms with E-state index in [0.29, 0.717) is 17.1 Å². The van der Waals surface area contributed by atoms with Crippen molar-refractivity contribution in [3.63, 3.8) is 0 Å². The average molecular weight is 232 g/mol. The topological polar surface area (TPSA) is 94.0 Å². The van der Waals surface area contributed by atoms with Gasteiger partial charge in [-0.25, -0.2) is 0 Å². The Hall–Kier alpha value is -2.37. The van der Waals surface area contributed by atoms with Crippen LogP contribution in [0.25, 0.3) is 0 Å². The molecule has 88 valence electrons. The first-order chi connectivity index (χ1) is 8.09. The summed E-state index contributed by atoms with van der Waals surface area (Å²) in [5.41, 5.74) is 7.87. The second kappa shape index (κ2) is 4.25. The minimum Gasteiger partial charge on any atom is -0.398 e. The van der Waals surface area contributed by atoms with Crippen LogP contribution in [0.15, 0.2) is 23.0 Å². The summed E-state index contributed by atoms with van der Waals surface area (Å²) in [4.78, 5) is 15.7. The van der Waals surface area contributed by atoms with Crippen molar-refractivity contribution in [3.8, 4) is 0 Å². The van der Waals surface area contributed by atoms with Gasteiger partial charge < -0.3 is 10.3 Å². The highest BCUT2D eigenvalue weighted by Gasteiger charge is 2.15. The van der Waals surface area contributed by atoms with Crippen molar-refractivity contribution in [1.82, 2.24) is 10.1 Å². The zero-order valence-electron chi connectivity index (χ0n) is 9.52. The van der Waals surface area contributed by atoms with Gasteiger partial charge in [0.05, 0.1) is 11.3 Å². The van der Waals surface area contributed by atoms with Gasteiger partial charge in [0.25, 0.3) is 5.91 Å². The lowest BCUT2D eigenvalue weighted by atomic mass is 10.2. The van der Waals surface area contributed by atoms with Gasteiger partial charge in [0, 0.05) is 23.6 Å². The molecule has 2 aromatic heterocycles. The van der Waals surface area contributed by atoms with Gasteiger partial charge in [-0.2, -0.15) is 0 Å². The van der Waals surface area contributed by atoms with Crippen LogP contribution in [-0.4, -0.2) is 16.0 Å². The number of aryl methyl sites for hydroxylation is 1. The number of anilines is 2. The maximum absolute atomic E-state index is 11.9. The first-order valence-electron chi connectivity index (χ1n) is 5.03. The van der Waals surface area contributed by atoms with Crippen LogP contribution in [-0.2, 0) is 0 Å². The van der Waals surface area contributed by atoms with Gasteiger partial charge in [0.15, 0.2) is 0 Å². The Morgan fingerprint density at radius 3 is 2.82 bits per heavy atom. The number of aromatic nitrogens is 2. The van der Waals surface area contributed by atoms with Crippen LogP contribution >= 0.6 is 0 Å². The number of hydrogen-bond donors (Lipinski definition) is 2. The Labute approximate surface area is 97.8 Å². The van der Waals surface area contributed by atoms with Crippen LogP contribution < -0.4 is 11.1 Å². The molecule has 0 spiro atoms. The van der Waals surface area contributed by atoms with Gasteiger partial charge in [-0.15, -0.1) is 0 Å². The Morgan fingerprint density at radius 2 is 2.24 bits per heavy atom. The monoisotopic (exact) mass is 232 g/mol. The molecule has 0 saturated carbocycles. The smallest absolute Gasteiger partial charge is 0.261 e. The molecular formula is C11H12N4O2. The van der Waals surface area contributed by atoms with Crippen molar-refractivity contribution in [3.05, 3.63) is 35.3 Å². The van der Waals surface area contributed by atoms with E-state index in [4.69, 9.17) is 10.3 Å². The van der Waals surface area contributed by atoms with Gasteiger partial charge in [0.2, 0.25) is 5.88 Å². The molecule has 0 aliphatic rings. The molecule has 0 unspecified atom stereocenters. The lowest BCUT2D eigenvalue weighted by Gasteiger charge is -2.04. The Kier molecular flexibility index (Phi) is 2.78. The number of nitrogens with zero attached hydrogens (tertiary/aromatic N) is 2. The largest absolute Gasteiger partial charge is 0.398 e. The van der Waals surface area contributed by atoms with Crippen molar-refractivity contribution < 1.29 is 9.32 Å². The molecule has 2 rings (SSSR count). The predicted octanol–water partition coefficient (Wildman–Crippen LogP) is 1.52. The van der Waals surface area contributed by atoms with E-state index in [1.807, 2.05) is 6.92 Å². The third kappa shape index (κ3) is 2.10. The van der Waals surface area contributed by atoms with Crippen LogP contribution in [0.3, 0.4) is 0 Å². The number of hydrogen-bond acceptors (Lipinski definition) is 5. The van der Waals surface area contributed by atoms with E-state index in [2.05, 4.69) is 15.5 Å². The maximum atomic E-state index is 11.9. The number of pyridine rings is 1. The normalized spacial score (nSPS) is 10.2. The highest BCUT2D eigenvalue weighted by atomic mass is 16.5. The maximum Gasteiger partial charge on any atom is 0.261 e. The Morgan fingerprint density at radius 1 is 1.47 bits per heavy atom. The number of amides is 1. The van der Waals surface area contributed by atoms with Gasteiger partial charge in [0.1, 0.15) is 0 Å². The number of rotatable bonds is 2. The van der Waals surface area contributed by atoms with E-state index in [0.717, 1.165) is 11.3 Å². The summed E-state index contributed by atoms with van der Waals surface area (Å²) in [5.74, 6) is -0.0365. The van der Waals surface area contributed by atoms with E-state index in [1.165, 1.54) is 12.4 Å². The van der Waals surface area contributed by atoms with Gasteiger partial charge >= 0.3 is 0 Å². The third-order valence-corrected chi connectivity index (χ3v) is 2.48. The molecule has 1 amide bonds. The van der Waals surface area contributed by atoms with Crippen LogP contribution in [0, 0.1) is 13.8 Å². The average Bonchev–Trinajstić information content (AvgIpc) is 2.61. The quantitative estimate of drug-likeness (QED) is 0.818. The summed E-state index contributed by atoms with van der Waals surface area (Å²) in [6, 6.07) is 1.56. The van der Waals surface area contributed by atoms with Crippen molar-refractivity contribution in [2.75, 3.05) is 11.1 Å². The minimum atomic E-state index is -0.366. The molecule has 6 nitrogen and oxygen atoms in total. The van der Waals surface area contributed by atoms with Gasteiger partial charge in [-0.1, -0.05) is 5.16 Å². The highest BCUT2D eigenvalue weighted by molar-refractivity contribution is 6.07. The fourth-order valence-electron chi connectivity index (χ4n) is 1.30. The number of carbonyl (C=O) groups excluding carboxylic acids is 1. The van der Waals surface area contributed by atoms with Crippen LogP contribution in [0.5, 0.6) is 0 Å². The zero-order chi connectivity index (χ0) is 12.4. The fourth-order valence-corrected chi connectivity index (χ4v) is 1.30. The molecule has 0 radical (unpaired) electrons. The summed E-state index contributed by atoms with van der Waals surface area (Å²) in [5, 5.41) is 6.35. The SMILES string of the molecule is Cc1noc(NC(=O)c2cnccc2N)c1C. The second-order valence-electron chi connectivity index (χ2n) is 3.64. The van der Waals surface area contributed by atoms with E-state index >= 15 is 0 Å². The van der Waals surface area contributed by atoms with E-state index < -0.39 is 0 Å². The summed E-state index contributed by atoms with van der Waals surface area (Å²) in [6.07, 6.45) is 2.93. The summed E-state index contributed by atoms with van der Waals surface area (Å²) in [6.45, 7) is 3.61. The highest BCUT2D eigenvalue weighted by Crippen LogP contribution is 2.19. The number of nitrogens with one attached hydrogen (secondary N) is 1. The lowest BCUT2D eigenvalue weighted by molar-refractivity contribution is 0.102. The van der Waals surface area contributed by atoms with E-state index in [-0.39, 0.29) is 5.91 Å². The Bertz CT molecular complexity index is 562. The predicted molar refractivity (Wildman–Crippen MR) is 62.6 cm³/mol. The van der Waals surface area contributed by atoms with E-state index in [9.17, 15) is 4.79 Å². The van der Waals surface area contributed by atoms with Crippen molar-refractivity contribution >= 4 is 17.5 Å². The summed E-state index contributed by atoms with van der Waals surface area (Å²) < 4.78 is 4.98. The van der Waals surface area contributed by atoms with Crippen LogP contribution in [0.4, 0.5) is 11.6 Å². The molecular weight excluding hydrogens is 220 g/mol. The molecule has 3 N–H and O–H groups in total. The molecule has 0 saturated heterocycles. The minimum absolute atomic E-state index is 0.306. The molecule has 2 aromatic rings.